The number of hydrogen-bond acceptors (Lipinski definition) is 4. The van der Waals surface area contributed by atoms with E-state index in [9.17, 15) is 4.79 Å². The molecule has 0 unspecified atom stereocenters. The van der Waals surface area contributed by atoms with Gasteiger partial charge in [-0.15, -0.1) is 0 Å². The first kappa shape index (κ1) is 11.2. The zero-order valence-electron chi connectivity index (χ0n) is 10.2. The van der Waals surface area contributed by atoms with E-state index >= 15 is 0 Å². The summed E-state index contributed by atoms with van der Waals surface area (Å²) in [5, 5.41) is 3.92. The fraction of sp³-hybridized carbons (Fsp3) is 0.385. The molecule has 18 heavy (non-hydrogen) atoms. The summed E-state index contributed by atoms with van der Waals surface area (Å²) >= 11 is 0. The van der Waals surface area contributed by atoms with Crippen LogP contribution in [-0.2, 0) is 6.67 Å². The minimum absolute atomic E-state index is 0.0178. The Labute approximate surface area is 104 Å². The van der Waals surface area contributed by atoms with Gasteiger partial charge in [-0.2, -0.15) is 0 Å². The fourth-order valence-corrected chi connectivity index (χ4v) is 1.89. The molecule has 1 aromatic carbocycles. The van der Waals surface area contributed by atoms with Crippen molar-refractivity contribution in [3.63, 3.8) is 0 Å². The highest BCUT2D eigenvalue weighted by Crippen LogP contribution is 2.18. The van der Waals surface area contributed by atoms with E-state index in [4.69, 9.17) is 4.74 Å². The number of nitrogens with one attached hydrogen (secondary N) is 1. The van der Waals surface area contributed by atoms with E-state index in [2.05, 4.69) is 10.3 Å². The molecule has 1 saturated carbocycles. The Kier molecular flexibility index (Phi) is 2.76. The van der Waals surface area contributed by atoms with E-state index in [0.29, 0.717) is 29.4 Å². The van der Waals surface area contributed by atoms with Crippen LogP contribution < -0.4 is 15.6 Å². The van der Waals surface area contributed by atoms with E-state index in [1.807, 2.05) is 0 Å². The fourth-order valence-electron chi connectivity index (χ4n) is 1.89. The quantitative estimate of drug-likeness (QED) is 0.876. The van der Waals surface area contributed by atoms with Crippen molar-refractivity contribution in [1.82, 2.24) is 14.9 Å². The first-order valence-corrected chi connectivity index (χ1v) is 6.04. The molecule has 94 valence electrons. The summed E-state index contributed by atoms with van der Waals surface area (Å²) < 4.78 is 6.72. The van der Waals surface area contributed by atoms with Gasteiger partial charge in [0, 0.05) is 12.1 Å². The summed E-state index contributed by atoms with van der Waals surface area (Å²) in [5.41, 5.74) is 0.651. The standard InChI is InChI=1S/C13H15N3O2/c1-18-10-4-5-11-12(6-10)15-8-16(13(11)17)7-14-9-2-3-9/h4-6,8-9,14H,2-3,7H2,1H3. The first-order valence-electron chi connectivity index (χ1n) is 6.04. The Balaban J connectivity index is 1.97. The van der Waals surface area contributed by atoms with Gasteiger partial charge < -0.3 is 4.74 Å². The Morgan fingerprint density at radius 1 is 1.50 bits per heavy atom. The number of aromatic nitrogens is 2. The van der Waals surface area contributed by atoms with Crippen molar-refractivity contribution >= 4 is 10.9 Å². The highest BCUT2D eigenvalue weighted by Gasteiger charge is 2.20. The van der Waals surface area contributed by atoms with Crippen LogP contribution in [0, 0.1) is 0 Å². The van der Waals surface area contributed by atoms with Gasteiger partial charge in [-0.3, -0.25) is 14.7 Å². The van der Waals surface area contributed by atoms with E-state index in [1.165, 1.54) is 12.8 Å². The van der Waals surface area contributed by atoms with Crippen molar-refractivity contribution in [2.45, 2.75) is 25.6 Å². The topological polar surface area (TPSA) is 56.1 Å². The van der Waals surface area contributed by atoms with Crippen molar-refractivity contribution in [3.05, 3.63) is 34.9 Å². The van der Waals surface area contributed by atoms with Crippen molar-refractivity contribution in [2.75, 3.05) is 7.11 Å². The minimum Gasteiger partial charge on any atom is -0.497 e. The zero-order valence-corrected chi connectivity index (χ0v) is 10.2. The molecule has 0 amide bonds. The van der Waals surface area contributed by atoms with Gasteiger partial charge in [-0.1, -0.05) is 0 Å². The first-order chi connectivity index (χ1) is 8.78. The summed E-state index contributed by atoms with van der Waals surface area (Å²) in [5.74, 6) is 0.711. The van der Waals surface area contributed by atoms with Crippen LogP contribution >= 0.6 is 0 Å². The second kappa shape index (κ2) is 4.42. The molecule has 2 aromatic rings. The Hall–Kier alpha value is -1.88. The number of fused-ring (bicyclic) bond motifs is 1. The van der Waals surface area contributed by atoms with Gasteiger partial charge >= 0.3 is 0 Å². The zero-order chi connectivity index (χ0) is 12.5. The molecular formula is C13H15N3O2. The Bertz CT molecular complexity index is 632. The molecule has 0 bridgehead atoms. The molecule has 5 nitrogen and oxygen atoms in total. The predicted octanol–water partition coefficient (Wildman–Crippen LogP) is 1.11. The lowest BCUT2D eigenvalue weighted by atomic mass is 10.2. The van der Waals surface area contributed by atoms with Crippen LogP contribution in [0.2, 0.25) is 0 Å². The predicted molar refractivity (Wildman–Crippen MR) is 68.7 cm³/mol. The van der Waals surface area contributed by atoms with Crippen molar-refractivity contribution in [3.8, 4) is 5.75 Å². The molecule has 1 aliphatic rings. The van der Waals surface area contributed by atoms with E-state index in [1.54, 1.807) is 36.2 Å². The van der Waals surface area contributed by atoms with Crippen LogP contribution in [0.4, 0.5) is 0 Å². The van der Waals surface area contributed by atoms with Crippen LogP contribution in [-0.4, -0.2) is 22.7 Å². The van der Waals surface area contributed by atoms with Gasteiger partial charge in [0.1, 0.15) is 5.75 Å². The smallest absolute Gasteiger partial charge is 0.262 e. The van der Waals surface area contributed by atoms with E-state index < -0.39 is 0 Å². The molecule has 1 N–H and O–H groups in total. The van der Waals surface area contributed by atoms with Gasteiger partial charge in [-0.25, -0.2) is 4.98 Å². The molecule has 3 rings (SSSR count). The molecule has 1 aliphatic carbocycles. The van der Waals surface area contributed by atoms with E-state index in [0.717, 1.165) is 0 Å². The second-order valence-electron chi connectivity index (χ2n) is 4.54. The highest BCUT2D eigenvalue weighted by atomic mass is 16.5. The number of ether oxygens (including phenoxy) is 1. The lowest BCUT2D eigenvalue weighted by molar-refractivity contribution is 0.415. The minimum atomic E-state index is -0.0178. The molecule has 1 fully saturated rings. The summed E-state index contributed by atoms with van der Waals surface area (Å²) in [4.78, 5) is 16.5. The largest absolute Gasteiger partial charge is 0.497 e. The van der Waals surface area contributed by atoms with Crippen molar-refractivity contribution in [2.24, 2.45) is 0 Å². The summed E-state index contributed by atoms with van der Waals surface area (Å²) in [7, 11) is 1.60. The molecule has 1 aromatic heterocycles. The van der Waals surface area contributed by atoms with Gasteiger partial charge in [0.2, 0.25) is 0 Å². The Morgan fingerprint density at radius 3 is 3.06 bits per heavy atom. The molecule has 5 heteroatoms. The van der Waals surface area contributed by atoms with Gasteiger partial charge in [0.05, 0.1) is 31.0 Å². The van der Waals surface area contributed by atoms with Crippen LogP contribution in [0.3, 0.4) is 0 Å². The summed E-state index contributed by atoms with van der Waals surface area (Å²) in [6, 6.07) is 5.89. The molecule has 0 radical (unpaired) electrons. The molecule has 0 saturated heterocycles. The van der Waals surface area contributed by atoms with Gasteiger partial charge in [0.15, 0.2) is 0 Å². The average molecular weight is 245 g/mol. The average Bonchev–Trinajstić information content (AvgIpc) is 3.21. The maximum Gasteiger partial charge on any atom is 0.262 e. The number of rotatable bonds is 4. The number of methoxy groups -OCH3 is 1. The van der Waals surface area contributed by atoms with Crippen molar-refractivity contribution < 1.29 is 4.74 Å². The lowest BCUT2D eigenvalue weighted by Gasteiger charge is -2.08. The monoisotopic (exact) mass is 245 g/mol. The third-order valence-corrected chi connectivity index (χ3v) is 3.16. The van der Waals surface area contributed by atoms with Crippen LogP contribution in [0.25, 0.3) is 10.9 Å². The number of nitrogens with zero attached hydrogens (tertiary/aromatic N) is 2. The maximum atomic E-state index is 12.2. The van der Waals surface area contributed by atoms with E-state index in [-0.39, 0.29) is 5.56 Å². The molecule has 0 spiro atoms. The van der Waals surface area contributed by atoms with Gasteiger partial charge in [-0.05, 0) is 25.0 Å². The summed E-state index contributed by atoms with van der Waals surface area (Å²) in [6.45, 7) is 0.526. The number of hydrogen-bond donors (Lipinski definition) is 1. The van der Waals surface area contributed by atoms with Gasteiger partial charge in [0.25, 0.3) is 5.56 Å². The molecule has 1 heterocycles. The normalized spacial score (nSPS) is 14.9. The molecule has 0 aliphatic heterocycles. The Morgan fingerprint density at radius 2 is 2.33 bits per heavy atom. The summed E-state index contributed by atoms with van der Waals surface area (Å²) in [6.07, 6.45) is 3.99. The molecular weight excluding hydrogens is 230 g/mol. The van der Waals surface area contributed by atoms with Crippen LogP contribution in [0.15, 0.2) is 29.3 Å². The third kappa shape index (κ3) is 2.09. The van der Waals surface area contributed by atoms with Crippen molar-refractivity contribution in [1.29, 1.82) is 0 Å². The second-order valence-corrected chi connectivity index (χ2v) is 4.54. The SMILES string of the molecule is COc1ccc2c(=O)n(CNC3CC3)cnc2c1. The number of benzene rings is 1. The lowest BCUT2D eigenvalue weighted by Crippen LogP contribution is -2.29. The third-order valence-electron chi connectivity index (χ3n) is 3.16. The van der Waals surface area contributed by atoms with Crippen LogP contribution in [0.1, 0.15) is 12.8 Å². The van der Waals surface area contributed by atoms with Crippen LogP contribution in [0.5, 0.6) is 5.75 Å². The maximum absolute atomic E-state index is 12.2. The highest BCUT2D eigenvalue weighted by molar-refractivity contribution is 5.78. The molecule has 0 atom stereocenters.